The van der Waals surface area contributed by atoms with Crippen LogP contribution in [0.25, 0.3) is 17.2 Å². The Morgan fingerprint density at radius 1 is 1.00 bits per heavy atom. The number of carbonyl (C=O) groups is 2. The fourth-order valence-corrected chi connectivity index (χ4v) is 18.3. The first-order valence-electron chi connectivity index (χ1n) is 28.9. The highest BCUT2D eigenvalue weighted by Gasteiger charge is 2.52. The van der Waals surface area contributed by atoms with E-state index in [-0.39, 0.29) is 65.1 Å². The second-order valence-electron chi connectivity index (χ2n) is 23.8. The predicted octanol–water partition coefficient (Wildman–Crippen LogP) is 10.7. The van der Waals surface area contributed by atoms with Gasteiger partial charge in [0.05, 0.1) is 36.2 Å². The highest BCUT2D eigenvalue weighted by Crippen LogP contribution is 2.63. The average Bonchev–Trinajstić information content (AvgIpc) is 3.66. The van der Waals surface area contributed by atoms with Gasteiger partial charge < -0.3 is 50.8 Å². The molecule has 10 atom stereocenters. The molecular formula is C65H72N4O8S2. The molecule has 4 aliphatic carbocycles. The van der Waals surface area contributed by atoms with Gasteiger partial charge in [-0.15, -0.1) is 0 Å². The summed E-state index contributed by atoms with van der Waals surface area (Å²) >= 11 is 0. The summed E-state index contributed by atoms with van der Waals surface area (Å²) in [5.41, 5.74) is 17.5. The number of Topliss-reactive ketones (excluding diaryl/α,β-unsaturated/α-hetero) is 1. The second-order valence-corrected chi connectivity index (χ2v) is 26.5. The third kappa shape index (κ3) is 10.1. The van der Waals surface area contributed by atoms with Gasteiger partial charge in [0.15, 0.2) is 11.5 Å². The first-order chi connectivity index (χ1) is 38.5. The number of phenols is 2. The van der Waals surface area contributed by atoms with E-state index in [2.05, 4.69) is 88.5 Å². The molecule has 0 amide bonds. The first kappa shape index (κ1) is 52.5. The van der Waals surface area contributed by atoms with Crippen LogP contribution >= 0.6 is 21.6 Å². The van der Waals surface area contributed by atoms with Crippen molar-refractivity contribution in [2.75, 3.05) is 19.5 Å². The Balaban J connectivity index is 1.05. The number of aromatic hydroxyl groups is 2. The van der Waals surface area contributed by atoms with Gasteiger partial charge >= 0.3 is 5.97 Å². The van der Waals surface area contributed by atoms with Crippen LogP contribution in [0.5, 0.6) is 28.7 Å². The highest BCUT2D eigenvalue weighted by atomic mass is 33.1. The van der Waals surface area contributed by atoms with E-state index in [1.807, 2.05) is 33.7 Å². The molecular weight excluding hydrogens is 1030 g/mol. The quantitative estimate of drug-likeness (QED) is 0.0559. The largest absolute Gasteiger partial charge is 0.508 e. The van der Waals surface area contributed by atoms with Crippen LogP contribution in [0.2, 0.25) is 0 Å². The van der Waals surface area contributed by atoms with Crippen molar-refractivity contribution in [2.45, 2.75) is 163 Å². The van der Waals surface area contributed by atoms with Gasteiger partial charge in [0.1, 0.15) is 41.8 Å². The fourth-order valence-electron chi connectivity index (χ4n) is 15.1. The lowest BCUT2D eigenvalue weighted by molar-refractivity contribution is -0.142. The summed E-state index contributed by atoms with van der Waals surface area (Å²) in [6.45, 7) is 1.80. The van der Waals surface area contributed by atoms with Crippen LogP contribution in [0.15, 0.2) is 84.1 Å². The van der Waals surface area contributed by atoms with Gasteiger partial charge in [-0.25, -0.2) is 0 Å². The topological polar surface area (TPSA) is 174 Å². The van der Waals surface area contributed by atoms with Gasteiger partial charge in [-0.2, -0.15) is 0 Å². The Labute approximate surface area is 471 Å². The smallest absolute Gasteiger partial charge is 0.302 e. The number of hydrogen-bond acceptors (Lipinski definition) is 14. The number of fused-ring (bicyclic) bond motifs is 11. The number of benzene rings is 4. The van der Waals surface area contributed by atoms with E-state index < -0.39 is 18.2 Å². The molecule has 13 rings (SSSR count). The minimum Gasteiger partial charge on any atom is -0.508 e. The van der Waals surface area contributed by atoms with Crippen molar-refractivity contribution in [3.63, 3.8) is 0 Å². The third-order valence-corrected chi connectivity index (χ3v) is 21.8. The van der Waals surface area contributed by atoms with Crippen LogP contribution < -0.4 is 35.9 Å². The zero-order valence-corrected chi connectivity index (χ0v) is 46.9. The maximum atomic E-state index is 13.4. The Morgan fingerprint density at radius 3 is 2.70 bits per heavy atom. The number of hydrogen-bond donors (Lipinski definition) is 6. The standard InChI is InChI=1S/C65H72N4O8S2/c1-36(70)75-34-51-47-19-20-48-57-41(29-45(72)30-54(57)74-2)32-65-25-24-38(31-65)26-40-14-23-56(66)69-52(40)13-7-12-46-50(33-67-42-15-17-44(71)18-16-42)60(73)63-49(58(46)61(51)76-62(47)59(48)65)21-22-53-64(77-63)55(28-37-8-4-3-5-9-37)79-78-35-39-10-6-11-43(27-39)68-53/h3-5,8-9,14,19-23,29-30,38-39,42-43,51,53,55-56,61,64,67-69,72-73H,6,10-12,15-18,24-28,31-35,66H2,1-2H3. The van der Waals surface area contributed by atoms with Crippen molar-refractivity contribution in [1.82, 2.24) is 16.0 Å². The summed E-state index contributed by atoms with van der Waals surface area (Å²) in [6, 6.07) is 18.8. The van der Waals surface area contributed by atoms with Gasteiger partial charge in [0, 0.05) is 95.4 Å². The number of phenolic OH excluding ortho intramolecular Hbond substituents is 2. The van der Waals surface area contributed by atoms with Crippen LogP contribution in [0.3, 0.4) is 0 Å². The number of nitrogens with one attached hydrogen (secondary N) is 3. The molecule has 79 heavy (non-hydrogen) atoms. The van der Waals surface area contributed by atoms with Gasteiger partial charge in [-0.05, 0) is 128 Å². The predicted molar refractivity (Wildman–Crippen MR) is 311 cm³/mol. The lowest BCUT2D eigenvalue weighted by Crippen LogP contribution is -2.52. The molecule has 0 aromatic heterocycles. The normalized spacial score (nSPS) is 29.5. The minimum atomic E-state index is -0.720. The molecule has 1 spiro atoms. The summed E-state index contributed by atoms with van der Waals surface area (Å²) in [7, 11) is 5.53. The molecule has 4 fully saturated rings. The van der Waals surface area contributed by atoms with E-state index in [4.69, 9.17) is 24.7 Å². The molecule has 12 nitrogen and oxygen atoms in total. The molecule has 5 aliphatic heterocycles. The molecule has 0 radical (unpaired) electrons. The Kier molecular flexibility index (Phi) is 14.6. The van der Waals surface area contributed by atoms with Crippen molar-refractivity contribution in [2.24, 2.45) is 17.6 Å². The zero-order valence-electron chi connectivity index (χ0n) is 45.2. The van der Waals surface area contributed by atoms with Crippen LogP contribution in [0, 0.1) is 23.7 Å². The van der Waals surface area contributed by atoms with E-state index in [0.29, 0.717) is 73.6 Å². The number of carbonyl (C=O) groups excluding carboxylic acids is 2. The summed E-state index contributed by atoms with van der Waals surface area (Å²) in [4.78, 5) is 25.7. The van der Waals surface area contributed by atoms with Crippen LogP contribution in [0.4, 0.5) is 0 Å². The van der Waals surface area contributed by atoms with Gasteiger partial charge in [-0.3, -0.25) is 9.59 Å². The number of nitrogens with two attached hydrogens (primary N) is 1. The van der Waals surface area contributed by atoms with E-state index in [1.54, 1.807) is 13.2 Å². The van der Waals surface area contributed by atoms with E-state index in [0.717, 1.165) is 112 Å². The summed E-state index contributed by atoms with van der Waals surface area (Å²) in [6.07, 6.45) is 19.4. The number of ketones is 1. The SMILES string of the molecule is COc1cc(O)cc2c1-c1ccc3c4c1C1(CCC(CC5=C(C#CCc6c(CNC7CCC(=O)CC7)c(O)c7c(c6C(O4)C3COC(C)=O)C=CC3NC4CCCC(CSSC(Cc6ccccc6)C3O7)C4)NC(N)C=C5)C1)C2. The van der Waals surface area contributed by atoms with Crippen molar-refractivity contribution >= 4 is 39.4 Å². The molecule has 5 heterocycles. The van der Waals surface area contributed by atoms with Gasteiger partial charge in [0.2, 0.25) is 0 Å². The number of dihydropyridines is 1. The molecule has 3 saturated carbocycles. The molecule has 14 heteroatoms. The first-order valence-corrected chi connectivity index (χ1v) is 31.3. The number of rotatable bonds is 8. The Hall–Kier alpha value is -5.82. The lowest BCUT2D eigenvalue weighted by atomic mass is 9.65. The van der Waals surface area contributed by atoms with Crippen molar-refractivity contribution in [1.29, 1.82) is 0 Å². The molecule has 7 N–H and O–H groups in total. The van der Waals surface area contributed by atoms with Crippen molar-refractivity contribution in [3.05, 3.63) is 129 Å². The van der Waals surface area contributed by atoms with Crippen LogP contribution in [-0.2, 0) is 45.5 Å². The lowest BCUT2D eigenvalue weighted by Gasteiger charge is -2.39. The molecule has 4 aromatic carbocycles. The Morgan fingerprint density at radius 2 is 1.86 bits per heavy atom. The molecule has 6 bridgehead atoms. The second kappa shape index (κ2) is 21.9. The molecule has 412 valence electrons. The highest BCUT2D eigenvalue weighted by molar-refractivity contribution is 8.77. The summed E-state index contributed by atoms with van der Waals surface area (Å²) in [5.74, 6) is 10.7. The van der Waals surface area contributed by atoms with E-state index >= 15 is 0 Å². The Bertz CT molecular complexity index is 3230. The van der Waals surface area contributed by atoms with Gasteiger partial charge in [-0.1, -0.05) is 94.6 Å². The number of ether oxygens (including phenoxy) is 4. The molecule has 10 unspecified atom stereocenters. The molecule has 4 aromatic rings. The fraction of sp³-hybridized carbons (Fsp3) is 0.477. The minimum absolute atomic E-state index is 0.00198. The number of allylic oxidation sites excluding steroid dienone is 3. The summed E-state index contributed by atoms with van der Waals surface area (Å²) in [5, 5.41) is 36.1. The maximum Gasteiger partial charge on any atom is 0.302 e. The van der Waals surface area contributed by atoms with Crippen LogP contribution in [0.1, 0.15) is 141 Å². The number of esters is 1. The maximum absolute atomic E-state index is 13.4. The summed E-state index contributed by atoms with van der Waals surface area (Å²) < 4.78 is 27.8. The number of methoxy groups -OCH3 is 1. The zero-order chi connectivity index (χ0) is 53.9. The van der Waals surface area contributed by atoms with Crippen molar-refractivity contribution < 1.29 is 38.7 Å². The molecule has 1 saturated heterocycles. The van der Waals surface area contributed by atoms with Crippen molar-refractivity contribution in [3.8, 4) is 51.7 Å². The average molecular weight is 1100 g/mol. The molecule has 9 aliphatic rings. The van der Waals surface area contributed by atoms with Crippen LogP contribution in [-0.4, -0.2) is 77.1 Å². The van der Waals surface area contributed by atoms with E-state index in [9.17, 15) is 19.8 Å². The van der Waals surface area contributed by atoms with E-state index in [1.165, 1.54) is 25.3 Å². The van der Waals surface area contributed by atoms with Gasteiger partial charge in [0.25, 0.3) is 0 Å². The third-order valence-electron chi connectivity index (χ3n) is 18.8. The monoisotopic (exact) mass is 1100 g/mol.